The summed E-state index contributed by atoms with van der Waals surface area (Å²) in [7, 11) is 1.33. The first-order valence-electron chi connectivity index (χ1n) is 8.51. The zero-order valence-electron chi connectivity index (χ0n) is 14.9. The summed E-state index contributed by atoms with van der Waals surface area (Å²) < 4.78 is 4.67. The number of methoxy groups -OCH3 is 1. The number of nitrogens with zero attached hydrogens (tertiary/aromatic N) is 3. The van der Waals surface area contributed by atoms with E-state index in [-0.39, 0.29) is 5.91 Å². The minimum Gasteiger partial charge on any atom is -0.465 e. The quantitative estimate of drug-likeness (QED) is 0.636. The number of rotatable bonds is 5. The van der Waals surface area contributed by atoms with Gasteiger partial charge in [-0.1, -0.05) is 0 Å². The van der Waals surface area contributed by atoms with Crippen molar-refractivity contribution < 1.29 is 19.1 Å². The van der Waals surface area contributed by atoms with Gasteiger partial charge in [0.1, 0.15) is 5.82 Å². The normalized spacial score (nSPS) is 13.8. The fourth-order valence-corrected chi connectivity index (χ4v) is 2.80. The van der Waals surface area contributed by atoms with Crippen LogP contribution in [0.25, 0.3) is 0 Å². The van der Waals surface area contributed by atoms with Crippen LogP contribution in [0.1, 0.15) is 20.7 Å². The first kappa shape index (κ1) is 18.4. The third-order valence-corrected chi connectivity index (χ3v) is 4.34. The highest BCUT2D eigenvalue weighted by Gasteiger charge is 2.21. The number of carbonyl (C=O) groups excluding carboxylic acids is 3. The number of nitrogens with one attached hydrogen (secondary N) is 1. The Morgan fingerprint density at radius 2 is 1.78 bits per heavy atom. The van der Waals surface area contributed by atoms with Crippen LogP contribution in [0.5, 0.6) is 0 Å². The van der Waals surface area contributed by atoms with Crippen LogP contribution in [0, 0.1) is 0 Å². The molecule has 1 saturated heterocycles. The summed E-state index contributed by atoms with van der Waals surface area (Å²) in [5.41, 5.74) is 1.71. The zero-order chi connectivity index (χ0) is 19.2. The van der Waals surface area contributed by atoms with Gasteiger partial charge in [-0.15, -0.1) is 0 Å². The van der Waals surface area contributed by atoms with E-state index in [0.717, 1.165) is 12.1 Å². The lowest BCUT2D eigenvalue weighted by atomic mass is 10.2. The van der Waals surface area contributed by atoms with Gasteiger partial charge in [0, 0.05) is 43.6 Å². The number of amides is 2. The summed E-state index contributed by atoms with van der Waals surface area (Å²) in [5, 5.41) is 3.11. The Hall–Kier alpha value is -3.42. The molecule has 1 aromatic heterocycles. The van der Waals surface area contributed by atoms with E-state index in [4.69, 9.17) is 0 Å². The topological polar surface area (TPSA) is 91.8 Å². The summed E-state index contributed by atoms with van der Waals surface area (Å²) in [6.07, 6.45) is 2.38. The molecule has 0 saturated carbocycles. The molecule has 140 valence electrons. The van der Waals surface area contributed by atoms with Crippen LogP contribution in [0.4, 0.5) is 11.5 Å². The van der Waals surface area contributed by atoms with Crippen LogP contribution in [0.2, 0.25) is 0 Å². The van der Waals surface area contributed by atoms with Crippen molar-refractivity contribution >= 4 is 29.8 Å². The number of ether oxygens (including phenoxy) is 1. The van der Waals surface area contributed by atoms with Crippen molar-refractivity contribution in [3.05, 3.63) is 53.7 Å². The van der Waals surface area contributed by atoms with E-state index in [0.29, 0.717) is 43.1 Å². The molecule has 2 amide bonds. The molecule has 0 atom stereocenters. The second kappa shape index (κ2) is 8.31. The number of pyridine rings is 1. The predicted molar refractivity (Wildman–Crippen MR) is 98.8 cm³/mol. The summed E-state index contributed by atoms with van der Waals surface area (Å²) >= 11 is 0. The van der Waals surface area contributed by atoms with Crippen molar-refractivity contribution in [2.45, 2.75) is 0 Å². The number of hydrogen-bond donors (Lipinski definition) is 1. The fourth-order valence-electron chi connectivity index (χ4n) is 2.80. The Morgan fingerprint density at radius 3 is 2.41 bits per heavy atom. The largest absolute Gasteiger partial charge is 0.465 e. The molecule has 1 aliphatic rings. The predicted octanol–water partition coefficient (Wildman–Crippen LogP) is 1.53. The van der Waals surface area contributed by atoms with Gasteiger partial charge >= 0.3 is 5.97 Å². The van der Waals surface area contributed by atoms with Gasteiger partial charge in [0.05, 0.1) is 12.7 Å². The Balaban J connectivity index is 1.67. The highest BCUT2D eigenvalue weighted by Crippen LogP contribution is 2.18. The Bertz CT molecular complexity index is 830. The lowest BCUT2D eigenvalue weighted by Gasteiger charge is -2.32. The molecule has 1 aromatic carbocycles. The summed E-state index contributed by atoms with van der Waals surface area (Å²) in [6.45, 7) is 2.10. The van der Waals surface area contributed by atoms with Crippen LogP contribution < -0.4 is 5.32 Å². The van der Waals surface area contributed by atoms with E-state index < -0.39 is 5.97 Å². The number of piperazine rings is 1. The molecule has 0 unspecified atom stereocenters. The van der Waals surface area contributed by atoms with E-state index >= 15 is 0 Å². The third-order valence-electron chi connectivity index (χ3n) is 4.34. The Morgan fingerprint density at radius 1 is 1.07 bits per heavy atom. The minimum atomic E-state index is -0.401. The molecule has 2 aromatic rings. The van der Waals surface area contributed by atoms with Gasteiger partial charge in [0.15, 0.2) is 0 Å². The molecular weight excluding hydrogens is 348 g/mol. The smallest absolute Gasteiger partial charge is 0.337 e. The number of aromatic nitrogens is 1. The summed E-state index contributed by atoms with van der Waals surface area (Å²) in [5.74, 6) is 0.0344. The van der Waals surface area contributed by atoms with Crippen molar-refractivity contribution in [2.24, 2.45) is 0 Å². The maximum absolute atomic E-state index is 12.7. The van der Waals surface area contributed by atoms with Crippen LogP contribution >= 0.6 is 0 Å². The molecule has 0 spiro atoms. The molecular formula is C19H20N4O4. The van der Waals surface area contributed by atoms with Gasteiger partial charge in [0.2, 0.25) is 6.41 Å². The van der Waals surface area contributed by atoms with Crippen molar-refractivity contribution in [3.8, 4) is 0 Å². The van der Waals surface area contributed by atoms with Gasteiger partial charge in [0.25, 0.3) is 5.91 Å². The van der Waals surface area contributed by atoms with Gasteiger partial charge < -0.3 is 19.9 Å². The number of anilines is 2. The monoisotopic (exact) mass is 368 g/mol. The first-order valence-corrected chi connectivity index (χ1v) is 8.51. The fraction of sp³-hybridized carbons (Fsp3) is 0.263. The highest BCUT2D eigenvalue weighted by molar-refractivity contribution is 5.95. The van der Waals surface area contributed by atoms with Crippen molar-refractivity contribution in [1.29, 1.82) is 0 Å². The lowest BCUT2D eigenvalue weighted by molar-refractivity contribution is -0.119. The summed E-state index contributed by atoms with van der Waals surface area (Å²) in [6, 6.07) is 10.1. The molecule has 1 fully saturated rings. The van der Waals surface area contributed by atoms with E-state index in [1.165, 1.54) is 7.11 Å². The van der Waals surface area contributed by atoms with Crippen molar-refractivity contribution in [1.82, 2.24) is 14.8 Å². The minimum absolute atomic E-state index is 0.0907. The number of esters is 1. The Labute approximate surface area is 156 Å². The second-order valence-corrected chi connectivity index (χ2v) is 6.06. The van der Waals surface area contributed by atoms with E-state index in [9.17, 15) is 14.4 Å². The molecule has 0 aliphatic carbocycles. The van der Waals surface area contributed by atoms with Crippen LogP contribution in [-0.4, -0.2) is 66.4 Å². The molecule has 1 aliphatic heterocycles. The number of carbonyl (C=O) groups is 3. The first-order chi connectivity index (χ1) is 13.1. The zero-order valence-corrected chi connectivity index (χ0v) is 14.9. The second-order valence-electron chi connectivity index (χ2n) is 6.06. The van der Waals surface area contributed by atoms with Crippen molar-refractivity contribution in [2.75, 3.05) is 38.6 Å². The Kier molecular flexibility index (Phi) is 5.65. The third kappa shape index (κ3) is 4.41. The average Bonchev–Trinajstić information content (AvgIpc) is 2.73. The molecule has 8 heteroatoms. The molecule has 8 nitrogen and oxygen atoms in total. The van der Waals surface area contributed by atoms with Gasteiger partial charge in [-0.2, -0.15) is 0 Å². The number of benzene rings is 1. The average molecular weight is 368 g/mol. The lowest BCUT2D eigenvalue weighted by Crippen LogP contribution is -2.48. The standard InChI is InChI=1S/C19H20N4O4/c1-27-19(26)14-2-4-16(5-3-14)21-17-12-15(6-7-20-17)18(25)23-10-8-22(13-24)9-11-23/h2-7,12-13H,8-11H2,1H3,(H,20,21). The SMILES string of the molecule is COC(=O)c1ccc(Nc2cc(C(=O)N3CCN(C=O)CC3)ccn2)cc1. The van der Waals surface area contributed by atoms with E-state index in [1.807, 2.05) is 0 Å². The number of hydrogen-bond acceptors (Lipinski definition) is 6. The molecule has 1 N–H and O–H groups in total. The molecule has 27 heavy (non-hydrogen) atoms. The highest BCUT2D eigenvalue weighted by atomic mass is 16.5. The van der Waals surface area contributed by atoms with Gasteiger partial charge in [-0.3, -0.25) is 9.59 Å². The van der Waals surface area contributed by atoms with Gasteiger partial charge in [-0.25, -0.2) is 9.78 Å². The van der Waals surface area contributed by atoms with E-state index in [1.54, 1.807) is 52.4 Å². The van der Waals surface area contributed by atoms with Gasteiger partial charge in [-0.05, 0) is 36.4 Å². The van der Waals surface area contributed by atoms with Crippen molar-refractivity contribution in [3.63, 3.8) is 0 Å². The maximum atomic E-state index is 12.7. The molecule has 2 heterocycles. The molecule has 3 rings (SSSR count). The summed E-state index contributed by atoms with van der Waals surface area (Å²) in [4.78, 5) is 42.5. The van der Waals surface area contributed by atoms with Crippen LogP contribution in [-0.2, 0) is 9.53 Å². The molecule has 0 radical (unpaired) electrons. The molecule has 0 bridgehead atoms. The van der Waals surface area contributed by atoms with Crippen LogP contribution in [0.15, 0.2) is 42.6 Å². The van der Waals surface area contributed by atoms with Crippen LogP contribution in [0.3, 0.4) is 0 Å². The maximum Gasteiger partial charge on any atom is 0.337 e. The van der Waals surface area contributed by atoms with E-state index in [2.05, 4.69) is 15.0 Å².